The molecule has 0 unspecified atom stereocenters. The number of aromatic nitrogens is 2. The minimum atomic E-state index is -3.77. The SMILES string of the molecule is O=C(Nc1nnc(S(=O)(=O)NCCCOC2CCCC2)s1)c1ccc(Cl)cc1. The number of nitrogens with zero attached hydrogens (tertiary/aromatic N) is 2. The summed E-state index contributed by atoms with van der Waals surface area (Å²) in [6.45, 7) is 0.771. The molecule has 1 amide bonds. The van der Waals surface area contributed by atoms with Crippen LogP contribution >= 0.6 is 22.9 Å². The molecule has 3 rings (SSSR count). The maximum absolute atomic E-state index is 12.3. The van der Waals surface area contributed by atoms with Crippen molar-refractivity contribution in [3.8, 4) is 0 Å². The lowest BCUT2D eigenvalue weighted by Crippen LogP contribution is -2.26. The van der Waals surface area contributed by atoms with Gasteiger partial charge in [-0.2, -0.15) is 0 Å². The molecular formula is C17H21ClN4O4S2. The average Bonchev–Trinajstić information content (AvgIpc) is 3.34. The van der Waals surface area contributed by atoms with Crippen molar-refractivity contribution in [1.29, 1.82) is 0 Å². The summed E-state index contributed by atoms with van der Waals surface area (Å²) >= 11 is 6.58. The Kier molecular flexibility index (Phi) is 7.36. The van der Waals surface area contributed by atoms with Crippen LogP contribution in [0, 0.1) is 0 Å². The molecule has 2 aromatic rings. The fourth-order valence-corrected chi connectivity index (χ4v) is 4.92. The molecule has 2 N–H and O–H groups in total. The Balaban J connectivity index is 1.47. The zero-order valence-electron chi connectivity index (χ0n) is 15.1. The van der Waals surface area contributed by atoms with E-state index < -0.39 is 15.9 Å². The average molecular weight is 445 g/mol. The largest absolute Gasteiger partial charge is 0.378 e. The second-order valence-electron chi connectivity index (χ2n) is 6.36. The molecule has 28 heavy (non-hydrogen) atoms. The predicted octanol–water partition coefficient (Wildman–Crippen LogP) is 3.07. The van der Waals surface area contributed by atoms with E-state index >= 15 is 0 Å². The molecule has 1 aliphatic carbocycles. The van der Waals surface area contributed by atoms with Gasteiger partial charge in [0.15, 0.2) is 0 Å². The lowest BCUT2D eigenvalue weighted by atomic mass is 10.2. The molecule has 0 bridgehead atoms. The molecule has 1 fully saturated rings. The van der Waals surface area contributed by atoms with Crippen LogP contribution in [0.1, 0.15) is 42.5 Å². The third-order valence-electron chi connectivity index (χ3n) is 4.23. The minimum absolute atomic E-state index is 0.102. The Morgan fingerprint density at radius 2 is 1.93 bits per heavy atom. The number of benzene rings is 1. The van der Waals surface area contributed by atoms with Crippen molar-refractivity contribution in [3.05, 3.63) is 34.9 Å². The predicted molar refractivity (Wildman–Crippen MR) is 107 cm³/mol. The van der Waals surface area contributed by atoms with Gasteiger partial charge in [-0.3, -0.25) is 10.1 Å². The van der Waals surface area contributed by atoms with Crippen LogP contribution < -0.4 is 10.0 Å². The molecule has 0 saturated heterocycles. The zero-order valence-corrected chi connectivity index (χ0v) is 17.4. The number of nitrogens with one attached hydrogen (secondary N) is 2. The fourth-order valence-electron chi connectivity index (χ4n) is 2.78. The molecule has 1 heterocycles. The van der Waals surface area contributed by atoms with Crippen LogP contribution in [-0.4, -0.2) is 43.8 Å². The molecule has 8 nitrogen and oxygen atoms in total. The number of ether oxygens (including phenoxy) is 1. The number of hydrogen-bond donors (Lipinski definition) is 2. The van der Waals surface area contributed by atoms with Crippen LogP contribution in [0.3, 0.4) is 0 Å². The van der Waals surface area contributed by atoms with Crippen LogP contribution in [0.2, 0.25) is 5.02 Å². The monoisotopic (exact) mass is 444 g/mol. The first-order chi connectivity index (χ1) is 13.4. The third-order valence-corrected chi connectivity index (χ3v) is 7.15. The molecule has 0 radical (unpaired) electrons. The van der Waals surface area contributed by atoms with Crippen molar-refractivity contribution >= 4 is 44.0 Å². The summed E-state index contributed by atoms with van der Waals surface area (Å²) in [5.74, 6) is -0.422. The van der Waals surface area contributed by atoms with Crippen molar-refractivity contribution in [2.75, 3.05) is 18.5 Å². The maximum Gasteiger partial charge on any atom is 0.269 e. The van der Waals surface area contributed by atoms with Gasteiger partial charge in [0.25, 0.3) is 15.9 Å². The Hall–Kier alpha value is -1.59. The van der Waals surface area contributed by atoms with Crippen molar-refractivity contribution in [2.45, 2.75) is 42.5 Å². The number of carbonyl (C=O) groups is 1. The van der Waals surface area contributed by atoms with Gasteiger partial charge >= 0.3 is 0 Å². The lowest BCUT2D eigenvalue weighted by molar-refractivity contribution is 0.0575. The van der Waals surface area contributed by atoms with E-state index in [4.69, 9.17) is 16.3 Å². The highest BCUT2D eigenvalue weighted by Crippen LogP contribution is 2.22. The topological polar surface area (TPSA) is 110 Å². The number of hydrogen-bond acceptors (Lipinski definition) is 7. The molecule has 1 saturated carbocycles. The van der Waals surface area contributed by atoms with Gasteiger partial charge in [0.2, 0.25) is 9.47 Å². The number of sulfonamides is 1. The number of halogens is 1. The van der Waals surface area contributed by atoms with E-state index in [2.05, 4.69) is 20.2 Å². The Morgan fingerprint density at radius 1 is 1.21 bits per heavy atom. The smallest absolute Gasteiger partial charge is 0.269 e. The van der Waals surface area contributed by atoms with Crippen LogP contribution in [-0.2, 0) is 14.8 Å². The zero-order chi connectivity index (χ0) is 20.0. The van der Waals surface area contributed by atoms with Gasteiger partial charge in [-0.25, -0.2) is 13.1 Å². The van der Waals surface area contributed by atoms with Gasteiger partial charge in [-0.15, -0.1) is 10.2 Å². The standard InChI is InChI=1S/C17H21ClN4O4S2/c18-13-8-6-12(7-9-13)15(23)20-16-21-22-17(27-16)28(24,25)19-10-3-11-26-14-4-1-2-5-14/h6-9,14,19H,1-5,10-11H2,(H,20,21,23). The quantitative estimate of drug-likeness (QED) is 0.454. The lowest BCUT2D eigenvalue weighted by Gasteiger charge is -2.10. The molecule has 0 atom stereocenters. The number of carbonyl (C=O) groups excluding carboxylic acids is 1. The fraction of sp³-hybridized carbons (Fsp3) is 0.471. The molecule has 0 spiro atoms. The van der Waals surface area contributed by atoms with E-state index in [0.717, 1.165) is 24.2 Å². The summed E-state index contributed by atoms with van der Waals surface area (Å²) < 4.78 is 32.6. The van der Waals surface area contributed by atoms with Gasteiger partial charge < -0.3 is 4.74 Å². The molecule has 1 aromatic heterocycles. The van der Waals surface area contributed by atoms with Crippen molar-refractivity contribution in [3.63, 3.8) is 0 Å². The van der Waals surface area contributed by atoms with Crippen molar-refractivity contribution in [2.24, 2.45) is 0 Å². The van der Waals surface area contributed by atoms with E-state index in [1.54, 1.807) is 24.3 Å². The van der Waals surface area contributed by atoms with Crippen molar-refractivity contribution < 1.29 is 17.9 Å². The van der Waals surface area contributed by atoms with Gasteiger partial charge in [0, 0.05) is 23.7 Å². The summed E-state index contributed by atoms with van der Waals surface area (Å²) in [4.78, 5) is 12.1. The highest BCUT2D eigenvalue weighted by Gasteiger charge is 2.21. The van der Waals surface area contributed by atoms with Gasteiger partial charge in [0.1, 0.15) is 0 Å². The highest BCUT2D eigenvalue weighted by molar-refractivity contribution is 7.91. The van der Waals surface area contributed by atoms with E-state index in [9.17, 15) is 13.2 Å². The Morgan fingerprint density at radius 3 is 2.64 bits per heavy atom. The normalized spacial score (nSPS) is 15.0. The molecular weight excluding hydrogens is 424 g/mol. The summed E-state index contributed by atoms with van der Waals surface area (Å²) in [7, 11) is -3.77. The van der Waals surface area contributed by atoms with Gasteiger partial charge in [-0.1, -0.05) is 35.8 Å². The van der Waals surface area contributed by atoms with Crippen molar-refractivity contribution in [1.82, 2.24) is 14.9 Å². The van der Waals surface area contributed by atoms with Crippen LogP contribution in [0.4, 0.5) is 5.13 Å². The van der Waals surface area contributed by atoms with Gasteiger partial charge in [0.05, 0.1) is 6.10 Å². The van der Waals surface area contributed by atoms with E-state index in [1.165, 1.54) is 12.8 Å². The maximum atomic E-state index is 12.3. The number of amides is 1. The summed E-state index contributed by atoms with van der Waals surface area (Å²) in [6, 6.07) is 6.30. The van der Waals surface area contributed by atoms with E-state index in [1.807, 2.05) is 0 Å². The highest BCUT2D eigenvalue weighted by atomic mass is 35.5. The van der Waals surface area contributed by atoms with E-state index in [0.29, 0.717) is 29.7 Å². The van der Waals surface area contributed by atoms with Crippen LogP contribution in [0.15, 0.2) is 28.6 Å². The molecule has 152 valence electrons. The second-order valence-corrected chi connectivity index (χ2v) is 9.72. The first-order valence-electron chi connectivity index (χ1n) is 8.96. The molecule has 1 aromatic carbocycles. The minimum Gasteiger partial charge on any atom is -0.378 e. The second kappa shape index (κ2) is 9.75. The van der Waals surface area contributed by atoms with Crippen LogP contribution in [0.5, 0.6) is 0 Å². The summed E-state index contributed by atoms with van der Waals surface area (Å²) in [6.07, 6.45) is 5.46. The summed E-state index contributed by atoms with van der Waals surface area (Å²) in [5, 5.41) is 10.5. The first kappa shape index (κ1) is 21.1. The number of anilines is 1. The third kappa shape index (κ3) is 5.95. The van der Waals surface area contributed by atoms with E-state index in [-0.39, 0.29) is 16.0 Å². The Labute approximate surface area is 172 Å². The molecule has 0 aliphatic heterocycles. The Bertz CT molecular complexity index is 896. The van der Waals surface area contributed by atoms with Gasteiger partial charge in [-0.05, 0) is 43.5 Å². The van der Waals surface area contributed by atoms with Crippen LogP contribution in [0.25, 0.3) is 0 Å². The number of rotatable bonds is 9. The first-order valence-corrected chi connectivity index (χ1v) is 11.6. The summed E-state index contributed by atoms with van der Waals surface area (Å²) in [5.41, 5.74) is 0.379. The molecule has 1 aliphatic rings. The molecule has 11 heteroatoms.